The summed E-state index contributed by atoms with van der Waals surface area (Å²) in [4.78, 5) is 24.9. The maximum absolute atomic E-state index is 12.6. The van der Waals surface area contributed by atoms with Gasteiger partial charge in [0.1, 0.15) is 6.10 Å². The van der Waals surface area contributed by atoms with Crippen molar-refractivity contribution < 1.29 is 19.1 Å². The standard InChI is InChI=1S/C34H66O4/c1-7-9-11-13-15-17-19-21-23-25-27-31(35)37-29-34(5,6)33(30(3)4)38-32(36)28-26-24-22-20-18-16-14-12-10-8-2/h30,33H,7-29H2,1-6H3. The van der Waals surface area contributed by atoms with Crippen LogP contribution in [-0.2, 0) is 19.1 Å². The lowest BCUT2D eigenvalue weighted by Gasteiger charge is -2.36. The lowest BCUT2D eigenvalue weighted by molar-refractivity contribution is -0.165. The van der Waals surface area contributed by atoms with Crippen LogP contribution in [0.15, 0.2) is 0 Å². The summed E-state index contributed by atoms with van der Waals surface area (Å²) in [6.07, 6.45) is 25.7. The molecule has 0 amide bonds. The second-order valence-electron chi connectivity index (χ2n) is 12.7. The van der Waals surface area contributed by atoms with Crippen molar-refractivity contribution in [3.63, 3.8) is 0 Å². The number of carbonyl (C=O) groups is 2. The first-order chi connectivity index (χ1) is 18.2. The van der Waals surface area contributed by atoms with Crippen LogP contribution in [-0.4, -0.2) is 24.6 Å². The summed E-state index contributed by atoms with van der Waals surface area (Å²) >= 11 is 0. The zero-order valence-corrected chi connectivity index (χ0v) is 26.6. The van der Waals surface area contributed by atoms with Crippen LogP contribution in [0.1, 0.15) is 183 Å². The zero-order chi connectivity index (χ0) is 28.5. The third-order valence-corrected chi connectivity index (χ3v) is 7.71. The second kappa shape index (κ2) is 24.9. The Labute approximate surface area is 237 Å². The molecule has 0 fully saturated rings. The third-order valence-electron chi connectivity index (χ3n) is 7.71. The highest BCUT2D eigenvalue weighted by molar-refractivity contribution is 5.70. The molecule has 0 N–H and O–H groups in total. The van der Waals surface area contributed by atoms with Gasteiger partial charge in [0.2, 0.25) is 0 Å². The van der Waals surface area contributed by atoms with Crippen molar-refractivity contribution in [2.75, 3.05) is 6.61 Å². The first-order valence-corrected chi connectivity index (χ1v) is 16.6. The van der Waals surface area contributed by atoms with E-state index in [1.807, 2.05) is 13.8 Å². The van der Waals surface area contributed by atoms with Gasteiger partial charge in [0.05, 0.1) is 6.61 Å². The Morgan fingerprint density at radius 3 is 1.26 bits per heavy atom. The Hall–Kier alpha value is -1.06. The van der Waals surface area contributed by atoms with E-state index in [0.29, 0.717) is 12.8 Å². The van der Waals surface area contributed by atoms with Gasteiger partial charge in [-0.05, 0) is 18.8 Å². The number of unbranched alkanes of at least 4 members (excludes halogenated alkanes) is 18. The minimum absolute atomic E-state index is 0.118. The molecule has 0 aliphatic carbocycles. The number of esters is 2. The van der Waals surface area contributed by atoms with Gasteiger partial charge in [0, 0.05) is 18.3 Å². The monoisotopic (exact) mass is 538 g/mol. The van der Waals surface area contributed by atoms with Crippen LogP contribution >= 0.6 is 0 Å². The Morgan fingerprint density at radius 1 is 0.553 bits per heavy atom. The molecule has 1 atom stereocenters. The van der Waals surface area contributed by atoms with Gasteiger partial charge in [-0.15, -0.1) is 0 Å². The summed E-state index contributed by atoms with van der Waals surface area (Å²) in [5, 5.41) is 0. The summed E-state index contributed by atoms with van der Waals surface area (Å²) in [6, 6.07) is 0. The van der Waals surface area contributed by atoms with Crippen LogP contribution in [0.5, 0.6) is 0 Å². The smallest absolute Gasteiger partial charge is 0.306 e. The highest BCUT2D eigenvalue weighted by Gasteiger charge is 2.36. The predicted octanol–water partition coefficient (Wildman–Crippen LogP) is 10.7. The predicted molar refractivity (Wildman–Crippen MR) is 162 cm³/mol. The Balaban J connectivity index is 4.04. The minimum atomic E-state index is -0.408. The van der Waals surface area contributed by atoms with Crippen molar-refractivity contribution >= 4 is 11.9 Å². The van der Waals surface area contributed by atoms with Gasteiger partial charge in [0.15, 0.2) is 0 Å². The molecule has 0 aliphatic heterocycles. The molecule has 0 heterocycles. The van der Waals surface area contributed by atoms with Gasteiger partial charge < -0.3 is 9.47 Å². The van der Waals surface area contributed by atoms with Crippen LogP contribution in [0.3, 0.4) is 0 Å². The molecule has 0 aromatic rings. The van der Waals surface area contributed by atoms with Crippen LogP contribution < -0.4 is 0 Å². The highest BCUT2D eigenvalue weighted by atomic mass is 16.6. The molecule has 0 aliphatic rings. The molecule has 4 nitrogen and oxygen atoms in total. The molecule has 0 saturated heterocycles. The molecule has 1 unspecified atom stereocenters. The molecule has 0 spiro atoms. The lowest BCUT2D eigenvalue weighted by atomic mass is 9.81. The molecule has 226 valence electrons. The molecular weight excluding hydrogens is 472 g/mol. The van der Waals surface area contributed by atoms with E-state index in [1.165, 1.54) is 103 Å². The summed E-state index contributed by atoms with van der Waals surface area (Å²) in [7, 11) is 0. The lowest BCUT2D eigenvalue weighted by Crippen LogP contribution is -2.41. The number of carbonyl (C=O) groups excluding carboxylic acids is 2. The van der Waals surface area contributed by atoms with E-state index in [9.17, 15) is 9.59 Å². The maximum atomic E-state index is 12.6. The van der Waals surface area contributed by atoms with Gasteiger partial charge in [-0.3, -0.25) is 9.59 Å². The van der Waals surface area contributed by atoms with Gasteiger partial charge in [-0.2, -0.15) is 0 Å². The minimum Gasteiger partial charge on any atom is -0.465 e. The number of hydrogen-bond acceptors (Lipinski definition) is 4. The largest absolute Gasteiger partial charge is 0.465 e. The Morgan fingerprint density at radius 2 is 0.895 bits per heavy atom. The van der Waals surface area contributed by atoms with Gasteiger partial charge in [-0.1, -0.05) is 157 Å². The van der Waals surface area contributed by atoms with Crippen molar-refractivity contribution in [2.45, 2.75) is 189 Å². The normalized spacial score (nSPS) is 12.6. The van der Waals surface area contributed by atoms with E-state index in [4.69, 9.17) is 9.47 Å². The fraction of sp³-hybridized carbons (Fsp3) is 0.941. The topological polar surface area (TPSA) is 52.6 Å². The van der Waals surface area contributed by atoms with Crippen LogP contribution in [0.2, 0.25) is 0 Å². The van der Waals surface area contributed by atoms with Crippen molar-refractivity contribution in [1.82, 2.24) is 0 Å². The molecule has 0 rings (SSSR count). The second-order valence-corrected chi connectivity index (χ2v) is 12.7. The molecule has 38 heavy (non-hydrogen) atoms. The zero-order valence-electron chi connectivity index (χ0n) is 26.6. The quantitative estimate of drug-likeness (QED) is 0.0770. The molecule has 0 aromatic heterocycles. The van der Waals surface area contributed by atoms with Crippen molar-refractivity contribution in [3.05, 3.63) is 0 Å². The average molecular weight is 539 g/mol. The van der Waals surface area contributed by atoms with Crippen molar-refractivity contribution in [3.8, 4) is 0 Å². The molecular formula is C34H66O4. The fourth-order valence-electron chi connectivity index (χ4n) is 5.33. The van der Waals surface area contributed by atoms with Crippen LogP contribution in [0, 0.1) is 11.3 Å². The van der Waals surface area contributed by atoms with Crippen molar-refractivity contribution in [1.29, 1.82) is 0 Å². The van der Waals surface area contributed by atoms with E-state index in [2.05, 4.69) is 27.7 Å². The Bertz CT molecular complexity index is 555. The molecule has 0 aromatic carbocycles. The Kier molecular flexibility index (Phi) is 24.2. The summed E-state index contributed by atoms with van der Waals surface area (Å²) in [5.41, 5.74) is -0.408. The third kappa shape index (κ3) is 21.8. The highest BCUT2D eigenvalue weighted by Crippen LogP contribution is 2.30. The number of hydrogen-bond donors (Lipinski definition) is 0. The summed E-state index contributed by atoms with van der Waals surface area (Å²) in [6.45, 7) is 13.0. The molecule has 0 bridgehead atoms. The fourth-order valence-corrected chi connectivity index (χ4v) is 5.33. The SMILES string of the molecule is CCCCCCCCCCCCC(=O)OCC(C)(C)C(OC(=O)CCCCCCCCCCCC)C(C)C. The summed E-state index contributed by atoms with van der Waals surface area (Å²) < 4.78 is 11.6. The first kappa shape index (κ1) is 36.9. The van der Waals surface area contributed by atoms with Crippen molar-refractivity contribution in [2.24, 2.45) is 11.3 Å². The van der Waals surface area contributed by atoms with Gasteiger partial charge in [0.25, 0.3) is 0 Å². The number of rotatable bonds is 27. The van der Waals surface area contributed by atoms with Crippen LogP contribution in [0.25, 0.3) is 0 Å². The molecule has 4 heteroatoms. The maximum Gasteiger partial charge on any atom is 0.306 e. The van der Waals surface area contributed by atoms with E-state index in [-0.39, 0.29) is 30.6 Å². The van der Waals surface area contributed by atoms with E-state index < -0.39 is 5.41 Å². The van der Waals surface area contributed by atoms with Gasteiger partial charge in [-0.25, -0.2) is 0 Å². The summed E-state index contributed by atoms with van der Waals surface area (Å²) in [5.74, 6) is -0.0767. The molecule has 0 radical (unpaired) electrons. The van der Waals surface area contributed by atoms with Crippen LogP contribution in [0.4, 0.5) is 0 Å². The van der Waals surface area contributed by atoms with E-state index >= 15 is 0 Å². The molecule has 0 saturated carbocycles. The first-order valence-electron chi connectivity index (χ1n) is 16.6. The van der Waals surface area contributed by atoms with Gasteiger partial charge >= 0.3 is 11.9 Å². The van der Waals surface area contributed by atoms with E-state index in [0.717, 1.165) is 25.7 Å². The average Bonchev–Trinajstić information content (AvgIpc) is 2.88. The van der Waals surface area contributed by atoms with E-state index in [1.54, 1.807) is 0 Å². The number of ether oxygens (including phenoxy) is 2.